The van der Waals surface area contributed by atoms with E-state index < -0.39 is 180 Å². The van der Waals surface area contributed by atoms with E-state index in [4.69, 9.17) is 17.2 Å². The smallest absolute Gasteiger partial charge is 0.268 e. The molecule has 0 aromatic carbocycles. The van der Waals surface area contributed by atoms with Crippen molar-refractivity contribution in [1.29, 1.82) is 0 Å². The number of amides is 13. The molecule has 2 unspecified atom stereocenters. The fourth-order valence-electron chi connectivity index (χ4n) is 9.50. The molecule has 0 aliphatic carbocycles. The molecule has 2 rings (SSSR count). The van der Waals surface area contributed by atoms with Gasteiger partial charge in [0.15, 0.2) is 6.10 Å². The van der Waals surface area contributed by atoms with Crippen molar-refractivity contribution in [3.05, 3.63) is 23.5 Å². The van der Waals surface area contributed by atoms with Crippen molar-refractivity contribution in [2.45, 2.75) is 212 Å². The van der Waals surface area contributed by atoms with E-state index >= 15 is 0 Å². The summed E-state index contributed by atoms with van der Waals surface area (Å²) in [5.41, 5.74) is 15.3. The molecular formula is C55H89N13O16. The van der Waals surface area contributed by atoms with E-state index in [2.05, 4.69) is 42.5 Å². The number of hydrogen-bond donors (Lipinski definition) is 13. The largest absolute Gasteiger partial charge is 0.391 e. The minimum Gasteiger partial charge on any atom is -0.391 e. The number of nitrogens with zero attached hydrogens (tertiary/aromatic N) is 2. The van der Waals surface area contributed by atoms with Gasteiger partial charge in [0.25, 0.3) is 17.7 Å². The molecule has 2 aliphatic rings. The van der Waals surface area contributed by atoms with Crippen LogP contribution in [0.4, 0.5) is 0 Å². The first-order valence-electron chi connectivity index (χ1n) is 28.5. The number of primary amides is 3. The molecule has 0 radical (unpaired) electrons. The summed E-state index contributed by atoms with van der Waals surface area (Å²) in [6.45, 7) is 11.4. The molecule has 0 bridgehead atoms. The van der Waals surface area contributed by atoms with Crippen LogP contribution >= 0.6 is 0 Å². The third-order valence-electron chi connectivity index (χ3n) is 14.6. The molecule has 0 aromatic rings. The topological polar surface area (TPSA) is 460 Å². The lowest BCUT2D eigenvalue weighted by atomic mass is 9.90. The van der Waals surface area contributed by atoms with E-state index in [0.29, 0.717) is 25.7 Å². The average molecular weight is 1190 g/mol. The van der Waals surface area contributed by atoms with Crippen LogP contribution in [0.3, 0.4) is 0 Å². The van der Waals surface area contributed by atoms with Crippen molar-refractivity contribution in [2.75, 3.05) is 13.6 Å². The average Bonchev–Trinajstić information content (AvgIpc) is 4.06. The zero-order valence-electron chi connectivity index (χ0n) is 49.6. The van der Waals surface area contributed by atoms with Crippen molar-refractivity contribution in [3.63, 3.8) is 0 Å². The molecule has 84 heavy (non-hydrogen) atoms. The predicted molar refractivity (Wildman–Crippen MR) is 302 cm³/mol. The first-order valence-corrected chi connectivity index (χ1v) is 28.5. The van der Waals surface area contributed by atoms with Crippen LogP contribution in [0.5, 0.6) is 0 Å². The van der Waals surface area contributed by atoms with E-state index in [1.807, 2.05) is 6.92 Å². The molecule has 470 valence electrons. The van der Waals surface area contributed by atoms with Gasteiger partial charge in [0.05, 0.1) is 31.4 Å². The molecule has 16 N–H and O–H groups in total. The fourth-order valence-corrected chi connectivity index (χ4v) is 9.50. The molecule has 2 heterocycles. The maximum absolute atomic E-state index is 14.6. The maximum atomic E-state index is 14.6. The van der Waals surface area contributed by atoms with Crippen LogP contribution in [0, 0.1) is 11.8 Å². The maximum Gasteiger partial charge on any atom is 0.268 e. The number of fused-ring (bicyclic) bond motifs is 1. The van der Waals surface area contributed by atoms with E-state index in [9.17, 15) is 77.3 Å². The van der Waals surface area contributed by atoms with Crippen LogP contribution in [-0.2, 0) is 67.1 Å². The number of unbranched alkanes of at least 4 members (excludes halogenated alkanes) is 6. The molecule has 29 heteroatoms. The number of carbonyl (C=O) groups excluding carboxylic acids is 14. The lowest BCUT2D eigenvalue weighted by molar-refractivity contribution is -0.151. The first kappa shape index (κ1) is 72.3. The standard InChI is InChI=1S/C55H89N13O16/c1-10-32(70)22-19-17-15-13-14-16-18-21-29(6)43-45(74)53(82)64-42(28(4)5)52(81)61-34(12-3)48(77)63-36(26-40(57)72)50(79)60-33(11-2)47(76)62-35(25-39(56)71)49(78)59-30(7)46(75)66-44(31(8)69)55(84)67(9)38(27-41(58)73)54(83)68-24-20-23-37(68)51(80)65-43/h11-12,28-31,35-38,42-45,69,74H,10,13-27H2,1-9H3,(H2,56,71)(H2,57,72)(H2,58,73)(H,59,78)(H,60,79)(H,61,81)(H,62,76)(H,63,77)(H,64,82)(H,65,80)(H,66,75)/b33-11+,34-12+/t29-,30+,31+,35?,36-,37-,38-,42-,43+,44?,45+/m0/s1. The molecule has 2 saturated heterocycles. The third-order valence-corrected chi connectivity index (χ3v) is 14.6. The van der Waals surface area contributed by atoms with Crippen molar-refractivity contribution in [1.82, 2.24) is 52.3 Å². The van der Waals surface area contributed by atoms with Gasteiger partial charge >= 0.3 is 0 Å². The van der Waals surface area contributed by atoms with Gasteiger partial charge in [-0.2, -0.15) is 0 Å². The molecule has 0 saturated carbocycles. The van der Waals surface area contributed by atoms with Gasteiger partial charge in [-0.25, -0.2) is 0 Å². The summed E-state index contributed by atoms with van der Waals surface area (Å²) in [7, 11) is 1.09. The molecule has 2 fully saturated rings. The highest BCUT2D eigenvalue weighted by Crippen LogP contribution is 2.24. The second kappa shape index (κ2) is 35.3. The molecule has 13 amide bonds. The number of likely N-dealkylation sites (N-methyl/N-ethyl adjacent to an activating group) is 1. The summed E-state index contributed by atoms with van der Waals surface area (Å²) >= 11 is 0. The second-order valence-electron chi connectivity index (χ2n) is 21.7. The van der Waals surface area contributed by atoms with Crippen LogP contribution in [0.2, 0.25) is 0 Å². The summed E-state index contributed by atoms with van der Waals surface area (Å²) in [6.07, 6.45) is 3.22. The first-order chi connectivity index (χ1) is 39.4. The number of aliphatic hydroxyl groups is 2. The highest BCUT2D eigenvalue weighted by Gasteiger charge is 2.44. The number of nitrogens with one attached hydrogen (secondary N) is 8. The molecule has 0 spiro atoms. The number of hydrogen-bond acceptors (Lipinski definition) is 16. The second-order valence-corrected chi connectivity index (χ2v) is 21.7. The lowest BCUT2D eigenvalue weighted by Crippen LogP contribution is -2.62. The van der Waals surface area contributed by atoms with Crippen molar-refractivity contribution in [3.8, 4) is 0 Å². The monoisotopic (exact) mass is 1190 g/mol. The van der Waals surface area contributed by atoms with Gasteiger partial charge in [0, 0.05) is 26.4 Å². The van der Waals surface area contributed by atoms with Gasteiger partial charge in [-0.15, -0.1) is 0 Å². The van der Waals surface area contributed by atoms with Crippen LogP contribution in [0.25, 0.3) is 0 Å². The van der Waals surface area contributed by atoms with Gasteiger partial charge in [0.1, 0.15) is 59.5 Å². The minimum atomic E-state index is -2.05. The Kier molecular flexibility index (Phi) is 30.4. The van der Waals surface area contributed by atoms with Gasteiger partial charge in [-0.1, -0.05) is 78.4 Å². The predicted octanol–water partition coefficient (Wildman–Crippen LogP) is -3.06. The van der Waals surface area contributed by atoms with Crippen molar-refractivity contribution >= 4 is 82.6 Å². The number of nitrogens with two attached hydrogens (primary N) is 3. The summed E-state index contributed by atoms with van der Waals surface area (Å²) in [5, 5.41) is 41.6. The van der Waals surface area contributed by atoms with Crippen molar-refractivity contribution in [2.24, 2.45) is 29.0 Å². The summed E-state index contributed by atoms with van der Waals surface area (Å²) in [4.78, 5) is 190. The Bertz CT molecular complexity index is 2480. The molecule has 29 nitrogen and oxygen atoms in total. The molecule has 2 aliphatic heterocycles. The van der Waals surface area contributed by atoms with E-state index in [1.54, 1.807) is 20.8 Å². The van der Waals surface area contributed by atoms with Crippen LogP contribution in [-0.4, -0.2) is 177 Å². The minimum absolute atomic E-state index is 0.0370. The summed E-state index contributed by atoms with van der Waals surface area (Å²) in [5.74, 6) is -15.4. The van der Waals surface area contributed by atoms with Gasteiger partial charge in [-0.3, -0.25) is 67.1 Å². The highest BCUT2D eigenvalue weighted by molar-refractivity contribution is 6.05. The number of rotatable bonds is 20. The summed E-state index contributed by atoms with van der Waals surface area (Å²) in [6, 6.07) is -13.1. The number of allylic oxidation sites excluding steroid dienone is 2. The Morgan fingerprint density at radius 2 is 1.12 bits per heavy atom. The molecule has 11 atom stereocenters. The molecule has 0 aromatic heterocycles. The van der Waals surface area contributed by atoms with Gasteiger partial charge in [0.2, 0.25) is 59.1 Å². The van der Waals surface area contributed by atoms with E-state index in [1.165, 1.54) is 13.8 Å². The number of aliphatic hydroxyl groups excluding tert-OH is 2. The van der Waals surface area contributed by atoms with Crippen LogP contribution in [0.1, 0.15) is 152 Å². The van der Waals surface area contributed by atoms with Crippen molar-refractivity contribution < 1.29 is 77.3 Å². The number of carbonyl (C=O) groups is 14. The zero-order valence-corrected chi connectivity index (χ0v) is 49.6. The Morgan fingerprint density at radius 1 is 0.619 bits per heavy atom. The van der Waals surface area contributed by atoms with Gasteiger partial charge < -0.3 is 79.7 Å². The number of Topliss-reactive ketones (excluding diaryl/α,β-unsaturated/α-hetero) is 1. The SMILES string of the molecule is C/C=C1/NC(=O)[C@H](CC(N)=O)NC(=O)/C(=C\C)NC(=O)[C@H](C(C)C)NC(=O)[C@H](O)[C@@H]([C@@H](C)CCCCCCCCCC(=O)CC)NC(=O)[C@@H]2CCCN2C(=O)[C@H](CC(N)=O)N(C)C(=O)C([C@@H](C)O)NC(=O)[C@@H](C)NC(=O)C(CC(N)=O)NC1=O. The summed E-state index contributed by atoms with van der Waals surface area (Å²) < 4.78 is 0. The highest BCUT2D eigenvalue weighted by atomic mass is 16.3. The third kappa shape index (κ3) is 22.7. The van der Waals surface area contributed by atoms with E-state index in [-0.39, 0.29) is 25.2 Å². The Hall–Kier alpha value is -7.82. The zero-order chi connectivity index (χ0) is 63.7. The van der Waals surface area contributed by atoms with Crippen LogP contribution < -0.4 is 59.7 Å². The lowest BCUT2D eigenvalue weighted by Gasteiger charge is -2.36. The van der Waals surface area contributed by atoms with E-state index in [0.717, 1.165) is 81.4 Å². The normalized spacial score (nSPS) is 26.3. The Balaban J connectivity index is 2.76. The molecular weight excluding hydrogens is 1100 g/mol. The van der Waals surface area contributed by atoms with Crippen LogP contribution in [0.15, 0.2) is 23.5 Å². The Labute approximate surface area is 489 Å². The quantitative estimate of drug-likeness (QED) is 0.0425. The number of ketones is 1. The van der Waals surface area contributed by atoms with Gasteiger partial charge in [-0.05, 0) is 65.2 Å². The fraction of sp³-hybridized carbons (Fsp3) is 0.673. The Morgan fingerprint density at radius 3 is 1.62 bits per heavy atom.